The maximum atomic E-state index is 5.46. The third-order valence-electron chi connectivity index (χ3n) is 4.48. The van der Waals surface area contributed by atoms with E-state index in [9.17, 15) is 0 Å². The Balaban J connectivity index is 1.61. The van der Waals surface area contributed by atoms with Crippen molar-refractivity contribution in [3.8, 4) is 0 Å². The summed E-state index contributed by atoms with van der Waals surface area (Å²) in [4.78, 5) is 15.9. The molecule has 1 aliphatic heterocycles. The van der Waals surface area contributed by atoms with E-state index in [0.717, 1.165) is 56.3 Å². The van der Waals surface area contributed by atoms with Gasteiger partial charge in [0.25, 0.3) is 0 Å². The van der Waals surface area contributed by atoms with Crippen molar-refractivity contribution >= 4 is 34.9 Å². The fourth-order valence-electron chi connectivity index (χ4n) is 3.10. The molecule has 2 aromatic rings. The van der Waals surface area contributed by atoms with Crippen molar-refractivity contribution in [2.75, 3.05) is 50.0 Å². The van der Waals surface area contributed by atoms with Crippen molar-refractivity contribution in [2.45, 2.75) is 20.3 Å². The van der Waals surface area contributed by atoms with Gasteiger partial charge in [-0.2, -0.15) is 0 Å². The molecule has 0 spiro atoms. The van der Waals surface area contributed by atoms with Gasteiger partial charge in [-0.25, -0.2) is 9.97 Å². The van der Waals surface area contributed by atoms with Crippen molar-refractivity contribution in [1.82, 2.24) is 20.2 Å². The summed E-state index contributed by atoms with van der Waals surface area (Å²) in [5.74, 6) is 1.02. The van der Waals surface area contributed by atoms with Gasteiger partial charge in [-0.15, -0.1) is 0 Å². The average Bonchev–Trinajstić information content (AvgIpc) is 2.72. The molecule has 1 aromatic heterocycles. The van der Waals surface area contributed by atoms with E-state index in [-0.39, 0.29) is 0 Å². The molecule has 160 valence electrons. The van der Waals surface area contributed by atoms with Gasteiger partial charge in [-0.05, 0) is 50.7 Å². The first kappa shape index (κ1) is 22.1. The fraction of sp³-hybridized carbons (Fsp3) is 0.429. The first-order chi connectivity index (χ1) is 14.6. The molecule has 0 radical (unpaired) electrons. The van der Waals surface area contributed by atoms with E-state index < -0.39 is 0 Å². The second-order valence-corrected chi connectivity index (χ2v) is 7.49. The molecule has 3 N–H and O–H groups in total. The average molecular weight is 428 g/mol. The van der Waals surface area contributed by atoms with E-state index in [0.29, 0.717) is 23.6 Å². The highest BCUT2D eigenvalue weighted by molar-refractivity contribution is 7.80. The number of aromatic nitrogens is 2. The summed E-state index contributed by atoms with van der Waals surface area (Å²) >= 11 is 5.46. The zero-order valence-corrected chi connectivity index (χ0v) is 18.3. The normalized spacial score (nSPS) is 14.9. The molecular weight excluding hydrogens is 398 g/mol. The number of rotatable bonds is 6. The molecule has 30 heavy (non-hydrogen) atoms. The molecule has 1 aliphatic rings. The van der Waals surface area contributed by atoms with Gasteiger partial charge in [0.15, 0.2) is 5.11 Å². The Bertz CT molecular complexity index is 833. The lowest BCUT2D eigenvalue weighted by Crippen LogP contribution is -2.39. The minimum absolute atomic E-state index is 0.449. The second-order valence-electron chi connectivity index (χ2n) is 7.08. The molecule has 9 heteroatoms. The number of thiocarbonyl (C=S) groups is 1. The van der Waals surface area contributed by atoms with Crippen LogP contribution in [0.4, 0.5) is 11.6 Å². The molecule has 2 heterocycles. The molecular formula is C21H29N7OS. The van der Waals surface area contributed by atoms with Gasteiger partial charge in [0.05, 0.1) is 13.2 Å². The van der Waals surface area contributed by atoms with Crippen LogP contribution >= 0.6 is 12.2 Å². The quantitative estimate of drug-likeness (QED) is 0.281. The molecule has 1 fully saturated rings. The first-order valence-corrected chi connectivity index (χ1v) is 10.6. The maximum Gasteiger partial charge on any atom is 0.229 e. The maximum absolute atomic E-state index is 5.46. The van der Waals surface area contributed by atoms with E-state index in [1.165, 1.54) is 0 Å². The van der Waals surface area contributed by atoms with E-state index in [1.54, 1.807) is 0 Å². The number of hydrogen-bond donors (Lipinski definition) is 3. The Morgan fingerprint density at radius 2 is 1.80 bits per heavy atom. The van der Waals surface area contributed by atoms with Crippen molar-refractivity contribution in [2.24, 2.45) is 4.99 Å². The Labute approximate surface area is 183 Å². The lowest BCUT2D eigenvalue weighted by Gasteiger charge is -2.26. The third kappa shape index (κ3) is 7.66. The summed E-state index contributed by atoms with van der Waals surface area (Å²) in [5.41, 5.74) is 2.69. The summed E-state index contributed by atoms with van der Waals surface area (Å²) in [6.07, 6.45) is 0.944. The lowest BCUT2D eigenvalue weighted by atomic mass is 10.3. The van der Waals surface area contributed by atoms with Crippen LogP contribution in [0.25, 0.3) is 0 Å². The molecule has 0 bridgehead atoms. The molecule has 1 saturated heterocycles. The topological polar surface area (TPSA) is 86.7 Å². The number of nitrogens with zero attached hydrogens (tertiary/aromatic N) is 4. The molecule has 3 rings (SSSR count). The van der Waals surface area contributed by atoms with Gasteiger partial charge in [0.2, 0.25) is 11.9 Å². The van der Waals surface area contributed by atoms with E-state index >= 15 is 0 Å². The predicted octanol–water partition coefficient (Wildman–Crippen LogP) is 2.57. The molecule has 0 unspecified atom stereocenters. The smallest absolute Gasteiger partial charge is 0.229 e. The highest BCUT2D eigenvalue weighted by Gasteiger charge is 2.10. The van der Waals surface area contributed by atoms with Crippen molar-refractivity contribution in [3.63, 3.8) is 0 Å². The Kier molecular flexibility index (Phi) is 8.49. The number of benzene rings is 1. The number of aryl methyl sites for hydroxylation is 2. The van der Waals surface area contributed by atoms with Gasteiger partial charge in [0, 0.05) is 43.3 Å². The number of guanidine groups is 1. The predicted molar refractivity (Wildman–Crippen MR) is 125 cm³/mol. The minimum Gasteiger partial charge on any atom is -0.379 e. The fourth-order valence-corrected chi connectivity index (χ4v) is 3.31. The van der Waals surface area contributed by atoms with Gasteiger partial charge in [-0.1, -0.05) is 18.2 Å². The number of nitrogens with one attached hydrogen (secondary N) is 3. The SMILES string of the molecule is Cc1cc(C)nc(NC(=NCCCN2CCOCC2)NC(=S)Nc2ccccc2)n1. The Morgan fingerprint density at radius 3 is 2.50 bits per heavy atom. The van der Waals surface area contributed by atoms with E-state index in [2.05, 4.69) is 35.8 Å². The summed E-state index contributed by atoms with van der Waals surface area (Å²) in [7, 11) is 0. The van der Waals surface area contributed by atoms with Crippen LogP contribution < -0.4 is 16.0 Å². The van der Waals surface area contributed by atoms with Gasteiger partial charge in [-0.3, -0.25) is 15.2 Å². The van der Waals surface area contributed by atoms with Crippen LogP contribution in [0.1, 0.15) is 17.8 Å². The standard InChI is InChI=1S/C21H29N7OS/c1-16-15-17(2)24-20(23-16)26-19(22-9-6-10-28-11-13-29-14-12-28)27-21(30)25-18-7-4-3-5-8-18/h3-5,7-8,15H,6,9-14H2,1-2H3,(H3,22,23,24,25,26,27,30). The Morgan fingerprint density at radius 1 is 1.10 bits per heavy atom. The van der Waals surface area contributed by atoms with Crippen molar-refractivity contribution in [3.05, 3.63) is 47.8 Å². The number of aliphatic imine (C=N–C) groups is 1. The van der Waals surface area contributed by atoms with E-state index in [1.807, 2.05) is 50.2 Å². The van der Waals surface area contributed by atoms with Crippen molar-refractivity contribution in [1.29, 1.82) is 0 Å². The van der Waals surface area contributed by atoms with Crippen LogP contribution in [0.3, 0.4) is 0 Å². The van der Waals surface area contributed by atoms with Crippen LogP contribution in [-0.4, -0.2) is 65.3 Å². The molecule has 0 amide bonds. The summed E-state index contributed by atoms with van der Waals surface area (Å²) in [5, 5.41) is 9.92. The number of para-hydroxylation sites is 1. The monoisotopic (exact) mass is 427 g/mol. The van der Waals surface area contributed by atoms with Gasteiger partial charge >= 0.3 is 0 Å². The zero-order valence-electron chi connectivity index (χ0n) is 17.5. The van der Waals surface area contributed by atoms with Crippen LogP contribution in [0.5, 0.6) is 0 Å². The number of ether oxygens (including phenoxy) is 1. The zero-order chi connectivity index (χ0) is 21.2. The molecule has 0 aliphatic carbocycles. The summed E-state index contributed by atoms with van der Waals surface area (Å²) < 4.78 is 5.40. The largest absolute Gasteiger partial charge is 0.379 e. The van der Waals surface area contributed by atoms with Gasteiger partial charge in [0.1, 0.15) is 0 Å². The van der Waals surface area contributed by atoms with Crippen molar-refractivity contribution < 1.29 is 4.74 Å². The minimum atomic E-state index is 0.449. The van der Waals surface area contributed by atoms with Crippen LogP contribution in [0.2, 0.25) is 0 Å². The number of anilines is 2. The molecule has 8 nitrogen and oxygen atoms in total. The highest BCUT2D eigenvalue weighted by atomic mass is 32.1. The molecule has 1 aromatic carbocycles. The van der Waals surface area contributed by atoms with Gasteiger partial charge < -0.3 is 15.4 Å². The van der Waals surface area contributed by atoms with Crippen LogP contribution in [-0.2, 0) is 4.74 Å². The highest BCUT2D eigenvalue weighted by Crippen LogP contribution is 2.06. The second kappa shape index (κ2) is 11.5. The number of morpholine rings is 1. The lowest BCUT2D eigenvalue weighted by molar-refractivity contribution is 0.0377. The van der Waals surface area contributed by atoms with Crippen LogP contribution in [0.15, 0.2) is 41.4 Å². The first-order valence-electron chi connectivity index (χ1n) is 10.2. The molecule has 0 saturated carbocycles. The van der Waals surface area contributed by atoms with E-state index in [4.69, 9.17) is 17.0 Å². The molecule has 0 atom stereocenters. The summed E-state index contributed by atoms with van der Waals surface area (Å²) in [6.45, 7) is 9.10. The summed E-state index contributed by atoms with van der Waals surface area (Å²) in [6, 6.07) is 11.7. The van der Waals surface area contributed by atoms with Crippen LogP contribution in [0, 0.1) is 13.8 Å². The number of hydrogen-bond acceptors (Lipinski definition) is 6. The Hall–Kier alpha value is -2.62. The third-order valence-corrected chi connectivity index (χ3v) is 4.69.